The first-order valence-electron chi connectivity index (χ1n) is 6.89. The van der Waals surface area contributed by atoms with Gasteiger partial charge < -0.3 is 5.11 Å². The first-order valence-corrected chi connectivity index (χ1v) is 7.68. The van der Waals surface area contributed by atoms with Gasteiger partial charge in [-0.25, -0.2) is 0 Å². The van der Waals surface area contributed by atoms with Gasteiger partial charge in [-0.2, -0.15) is 5.11 Å². The van der Waals surface area contributed by atoms with Crippen LogP contribution in [0.3, 0.4) is 0 Å². The summed E-state index contributed by atoms with van der Waals surface area (Å²) >= 11 is 3.50. The maximum Gasteiger partial charge on any atom is 0.102 e. The van der Waals surface area contributed by atoms with Crippen molar-refractivity contribution in [3.63, 3.8) is 0 Å². The van der Waals surface area contributed by atoms with E-state index >= 15 is 0 Å². The lowest BCUT2D eigenvalue weighted by Crippen LogP contribution is -2.27. The summed E-state index contributed by atoms with van der Waals surface area (Å²) in [4.78, 5) is 0. The predicted molar refractivity (Wildman–Crippen MR) is 74.5 cm³/mol. The summed E-state index contributed by atoms with van der Waals surface area (Å²) < 4.78 is 1.02. The summed E-state index contributed by atoms with van der Waals surface area (Å²) in [6.07, 6.45) is 2.86. The molecule has 0 radical (unpaired) electrons. The van der Waals surface area contributed by atoms with E-state index in [-0.39, 0.29) is 12.1 Å². The van der Waals surface area contributed by atoms with Crippen molar-refractivity contribution in [2.24, 2.45) is 16.3 Å². The summed E-state index contributed by atoms with van der Waals surface area (Å²) in [5.41, 5.74) is 2.25. The summed E-state index contributed by atoms with van der Waals surface area (Å²) in [5, 5.41) is 21.3. The smallest absolute Gasteiger partial charge is 0.102 e. The zero-order chi connectivity index (χ0) is 13.0. The Morgan fingerprint density at radius 2 is 2.05 bits per heavy atom. The molecular formula is C14H16BrN3O. The number of aliphatic hydroxyl groups is 1. The number of halogens is 1. The van der Waals surface area contributed by atoms with Crippen LogP contribution in [0.2, 0.25) is 0 Å². The molecule has 1 fully saturated rings. The molecule has 0 spiro atoms. The third-order valence-corrected chi connectivity index (χ3v) is 4.90. The van der Waals surface area contributed by atoms with Crippen LogP contribution >= 0.6 is 15.9 Å². The van der Waals surface area contributed by atoms with Crippen molar-refractivity contribution in [3.8, 4) is 0 Å². The Balaban J connectivity index is 1.81. The number of rotatable bonds is 1. The standard InChI is InChI=1S/C14H16BrN3O/c15-9-3-4-10-11(7-9)12(19)5-6-18-14(10)13(16-17-18)8-1-2-8/h3-4,7-8,12-14,19H,1-2,5-6H2. The largest absolute Gasteiger partial charge is 0.388 e. The Hall–Kier alpha value is -0.940. The van der Waals surface area contributed by atoms with Crippen molar-refractivity contribution in [3.05, 3.63) is 33.8 Å². The quantitative estimate of drug-likeness (QED) is 0.861. The number of hydrogen-bond acceptors (Lipinski definition) is 4. The van der Waals surface area contributed by atoms with Crippen LogP contribution in [0.15, 0.2) is 33.0 Å². The molecule has 5 heteroatoms. The van der Waals surface area contributed by atoms with Gasteiger partial charge in [-0.1, -0.05) is 27.2 Å². The maximum atomic E-state index is 10.3. The molecule has 1 aromatic rings. The fourth-order valence-electron chi connectivity index (χ4n) is 3.25. The van der Waals surface area contributed by atoms with E-state index in [1.165, 1.54) is 18.4 Å². The molecule has 0 bridgehead atoms. The van der Waals surface area contributed by atoms with E-state index in [2.05, 4.69) is 43.4 Å². The average molecular weight is 322 g/mol. The lowest BCUT2D eigenvalue weighted by atomic mass is 9.91. The summed E-state index contributed by atoms with van der Waals surface area (Å²) in [6.45, 7) is 0.783. The molecule has 2 heterocycles. The van der Waals surface area contributed by atoms with Crippen LogP contribution in [0.4, 0.5) is 0 Å². The molecule has 0 amide bonds. The lowest BCUT2D eigenvalue weighted by Gasteiger charge is -2.25. The zero-order valence-corrected chi connectivity index (χ0v) is 12.1. The first kappa shape index (κ1) is 11.9. The minimum Gasteiger partial charge on any atom is -0.388 e. The van der Waals surface area contributed by atoms with Crippen LogP contribution in [0.25, 0.3) is 0 Å². The fourth-order valence-corrected chi connectivity index (χ4v) is 3.63. The molecule has 19 heavy (non-hydrogen) atoms. The second-order valence-corrected chi connectivity index (χ2v) is 6.63. The lowest BCUT2D eigenvalue weighted by molar-refractivity contribution is 0.145. The zero-order valence-electron chi connectivity index (χ0n) is 10.5. The van der Waals surface area contributed by atoms with Crippen LogP contribution in [0.1, 0.15) is 42.5 Å². The van der Waals surface area contributed by atoms with E-state index in [0.29, 0.717) is 5.92 Å². The molecule has 3 unspecified atom stereocenters. The highest BCUT2D eigenvalue weighted by Crippen LogP contribution is 2.48. The van der Waals surface area contributed by atoms with Crippen molar-refractivity contribution >= 4 is 15.9 Å². The fraction of sp³-hybridized carbons (Fsp3) is 0.571. The highest BCUT2D eigenvalue weighted by Gasteiger charge is 2.45. The molecule has 4 rings (SSSR count). The van der Waals surface area contributed by atoms with Gasteiger partial charge in [0.25, 0.3) is 0 Å². The van der Waals surface area contributed by atoms with Gasteiger partial charge in [0, 0.05) is 11.0 Å². The van der Waals surface area contributed by atoms with Crippen LogP contribution in [-0.4, -0.2) is 22.7 Å². The molecule has 3 atom stereocenters. The minimum absolute atomic E-state index is 0.229. The van der Waals surface area contributed by atoms with E-state index in [9.17, 15) is 5.11 Å². The number of hydrogen-bond donors (Lipinski definition) is 1. The van der Waals surface area contributed by atoms with Gasteiger partial charge in [0.1, 0.15) is 6.04 Å². The van der Waals surface area contributed by atoms with E-state index in [4.69, 9.17) is 0 Å². The highest BCUT2D eigenvalue weighted by molar-refractivity contribution is 9.10. The van der Waals surface area contributed by atoms with Gasteiger partial charge in [-0.05, 0) is 48.4 Å². The Morgan fingerprint density at radius 1 is 1.21 bits per heavy atom. The average Bonchev–Trinajstić information content (AvgIpc) is 3.18. The molecule has 4 nitrogen and oxygen atoms in total. The molecule has 3 aliphatic rings. The molecule has 1 aromatic carbocycles. The van der Waals surface area contributed by atoms with Crippen LogP contribution in [0.5, 0.6) is 0 Å². The second kappa shape index (κ2) is 4.28. The summed E-state index contributed by atoms with van der Waals surface area (Å²) in [7, 11) is 0. The second-order valence-electron chi connectivity index (χ2n) is 5.72. The van der Waals surface area contributed by atoms with Crippen molar-refractivity contribution in [1.29, 1.82) is 0 Å². The van der Waals surface area contributed by atoms with Crippen LogP contribution in [-0.2, 0) is 0 Å². The van der Waals surface area contributed by atoms with Crippen LogP contribution in [0, 0.1) is 5.92 Å². The molecular weight excluding hydrogens is 306 g/mol. The van der Waals surface area contributed by atoms with Crippen LogP contribution < -0.4 is 0 Å². The third kappa shape index (κ3) is 1.91. The summed E-state index contributed by atoms with van der Waals surface area (Å²) in [5.74, 6) is 0.686. The monoisotopic (exact) mass is 321 g/mol. The molecule has 1 aliphatic carbocycles. The first-order chi connectivity index (χ1) is 9.24. The number of nitrogens with zero attached hydrogens (tertiary/aromatic N) is 3. The Bertz CT molecular complexity index is 543. The highest BCUT2D eigenvalue weighted by atomic mass is 79.9. The molecule has 1 saturated carbocycles. The Kier molecular flexibility index (Phi) is 2.67. The third-order valence-electron chi connectivity index (χ3n) is 4.41. The van der Waals surface area contributed by atoms with Crippen molar-refractivity contribution in [2.75, 3.05) is 6.54 Å². The van der Waals surface area contributed by atoms with Gasteiger partial charge in [0.2, 0.25) is 0 Å². The van der Waals surface area contributed by atoms with E-state index < -0.39 is 6.10 Å². The predicted octanol–water partition coefficient (Wildman–Crippen LogP) is 3.39. The molecule has 0 saturated heterocycles. The molecule has 1 N–H and O–H groups in total. The number of aliphatic hydroxyl groups excluding tert-OH is 1. The van der Waals surface area contributed by atoms with Crippen molar-refractivity contribution < 1.29 is 5.11 Å². The van der Waals surface area contributed by atoms with E-state index in [0.717, 1.165) is 23.0 Å². The molecule has 100 valence electrons. The van der Waals surface area contributed by atoms with Gasteiger partial charge in [-0.3, -0.25) is 5.01 Å². The maximum absolute atomic E-state index is 10.3. The summed E-state index contributed by atoms with van der Waals surface area (Å²) in [6, 6.07) is 6.73. The van der Waals surface area contributed by atoms with Crippen molar-refractivity contribution in [1.82, 2.24) is 5.01 Å². The SMILES string of the molecule is OC1CCN2N=NC(C3CC3)C2c2ccc(Br)cc21. The topological polar surface area (TPSA) is 48.2 Å². The van der Waals surface area contributed by atoms with Gasteiger partial charge >= 0.3 is 0 Å². The number of benzene rings is 1. The van der Waals surface area contributed by atoms with E-state index in [1.807, 2.05) is 6.07 Å². The van der Waals surface area contributed by atoms with E-state index in [1.54, 1.807) is 0 Å². The van der Waals surface area contributed by atoms with Gasteiger partial charge in [0.15, 0.2) is 0 Å². The minimum atomic E-state index is -0.395. The van der Waals surface area contributed by atoms with Gasteiger partial charge in [-0.15, -0.1) is 0 Å². The van der Waals surface area contributed by atoms with Crippen molar-refractivity contribution in [2.45, 2.75) is 37.5 Å². The molecule has 0 aromatic heterocycles. The Morgan fingerprint density at radius 3 is 2.84 bits per heavy atom. The normalized spacial score (nSPS) is 32.9. The molecule has 2 aliphatic heterocycles. The number of fused-ring (bicyclic) bond motifs is 3. The Labute approximate surface area is 120 Å². The van der Waals surface area contributed by atoms with Gasteiger partial charge in [0.05, 0.1) is 12.1 Å².